The molecule has 0 aliphatic heterocycles. The van der Waals surface area contributed by atoms with E-state index < -0.39 is 23.8 Å². The molecule has 5 heteroatoms. The molecule has 0 radical (unpaired) electrons. The average molecular weight is 374 g/mol. The van der Waals surface area contributed by atoms with Crippen LogP contribution in [0.3, 0.4) is 0 Å². The first-order valence-electron chi connectivity index (χ1n) is 9.50. The zero-order valence-corrected chi connectivity index (χ0v) is 15.7. The summed E-state index contributed by atoms with van der Waals surface area (Å²) in [7, 11) is 0. The molecule has 4 atom stereocenters. The standard InChI is InChI=1S/C22H30O5/c1-2-3-5-10-19(23)11-12-22(27-16-17-8-6-4-7-9-17)14-18(13-21(25)26)20(24)15-22/h2,4,6-9,11-12,18-20,23-24H,1,3,5,10,13-16H2,(H,25,26)/t18-,19?,20?,22-/m1/s1. The highest BCUT2D eigenvalue weighted by Crippen LogP contribution is 2.41. The van der Waals surface area contributed by atoms with Gasteiger partial charge in [0.1, 0.15) is 0 Å². The molecule has 27 heavy (non-hydrogen) atoms. The summed E-state index contributed by atoms with van der Waals surface area (Å²) in [6.45, 7) is 4.04. The van der Waals surface area contributed by atoms with Gasteiger partial charge in [0.05, 0.1) is 30.8 Å². The summed E-state index contributed by atoms with van der Waals surface area (Å²) in [5.41, 5.74) is 0.238. The fourth-order valence-electron chi connectivity index (χ4n) is 3.57. The van der Waals surface area contributed by atoms with Crippen LogP contribution in [-0.2, 0) is 16.1 Å². The molecule has 1 aromatic carbocycles. The number of carboxylic acid groups (broad SMARTS) is 1. The van der Waals surface area contributed by atoms with Crippen LogP contribution < -0.4 is 0 Å². The van der Waals surface area contributed by atoms with Gasteiger partial charge in [0.25, 0.3) is 0 Å². The van der Waals surface area contributed by atoms with Crippen molar-refractivity contribution in [3.63, 3.8) is 0 Å². The number of unbranched alkanes of at least 4 members (excludes halogenated alkanes) is 1. The van der Waals surface area contributed by atoms with Gasteiger partial charge in [-0.15, -0.1) is 6.58 Å². The summed E-state index contributed by atoms with van der Waals surface area (Å²) in [5.74, 6) is -1.29. The Morgan fingerprint density at radius 3 is 2.74 bits per heavy atom. The van der Waals surface area contributed by atoms with Gasteiger partial charge in [-0.05, 0) is 37.2 Å². The highest BCUT2D eigenvalue weighted by molar-refractivity contribution is 5.67. The van der Waals surface area contributed by atoms with Gasteiger partial charge in [-0.1, -0.05) is 48.6 Å². The van der Waals surface area contributed by atoms with Gasteiger partial charge in [-0.2, -0.15) is 0 Å². The minimum atomic E-state index is -0.925. The van der Waals surface area contributed by atoms with Crippen LogP contribution in [0.4, 0.5) is 0 Å². The van der Waals surface area contributed by atoms with Gasteiger partial charge < -0.3 is 20.1 Å². The number of aliphatic hydroxyl groups is 2. The van der Waals surface area contributed by atoms with E-state index in [9.17, 15) is 15.0 Å². The smallest absolute Gasteiger partial charge is 0.303 e. The number of hydrogen-bond donors (Lipinski definition) is 3. The number of ether oxygens (including phenoxy) is 1. The van der Waals surface area contributed by atoms with Crippen LogP contribution in [0.15, 0.2) is 55.1 Å². The normalized spacial score (nSPS) is 26.3. The predicted octanol–water partition coefficient (Wildman–Crippen LogP) is 3.46. The monoisotopic (exact) mass is 374 g/mol. The molecule has 0 spiro atoms. The van der Waals surface area contributed by atoms with Crippen LogP contribution in [0.25, 0.3) is 0 Å². The van der Waals surface area contributed by atoms with Crippen LogP contribution in [0.5, 0.6) is 0 Å². The number of benzene rings is 1. The highest BCUT2D eigenvalue weighted by Gasteiger charge is 2.44. The van der Waals surface area contributed by atoms with Crippen LogP contribution in [-0.4, -0.2) is 39.1 Å². The third-order valence-corrected chi connectivity index (χ3v) is 5.04. The quantitative estimate of drug-likeness (QED) is 0.408. The zero-order valence-electron chi connectivity index (χ0n) is 15.7. The molecule has 1 aliphatic carbocycles. The van der Waals surface area contributed by atoms with Gasteiger partial charge >= 0.3 is 5.97 Å². The van der Waals surface area contributed by atoms with Crippen molar-refractivity contribution < 1.29 is 24.9 Å². The predicted molar refractivity (Wildman–Crippen MR) is 104 cm³/mol. The molecule has 2 unspecified atom stereocenters. The Bertz CT molecular complexity index is 627. The zero-order chi connectivity index (χ0) is 19.7. The molecule has 148 valence electrons. The van der Waals surface area contributed by atoms with E-state index in [1.807, 2.05) is 42.5 Å². The van der Waals surface area contributed by atoms with Gasteiger partial charge in [0.15, 0.2) is 0 Å². The molecule has 1 saturated carbocycles. The Morgan fingerprint density at radius 1 is 1.33 bits per heavy atom. The SMILES string of the molecule is C=CCCCC(O)C=C[C@]1(OCc2ccccc2)CC(O)[C@H](CC(=O)O)C1. The number of carbonyl (C=O) groups is 1. The second kappa shape index (κ2) is 10.4. The first-order chi connectivity index (χ1) is 12.9. The van der Waals surface area contributed by atoms with E-state index >= 15 is 0 Å². The number of rotatable bonds is 11. The Hall–Kier alpha value is -1.95. The topological polar surface area (TPSA) is 87.0 Å². The van der Waals surface area contributed by atoms with Crippen molar-refractivity contribution in [1.29, 1.82) is 0 Å². The summed E-state index contributed by atoms with van der Waals surface area (Å²) >= 11 is 0. The third kappa shape index (κ3) is 6.94. The van der Waals surface area contributed by atoms with Gasteiger partial charge in [-0.25, -0.2) is 0 Å². The van der Waals surface area contributed by atoms with Crippen molar-refractivity contribution in [3.05, 3.63) is 60.7 Å². The van der Waals surface area contributed by atoms with Crippen molar-refractivity contribution in [3.8, 4) is 0 Å². The summed E-state index contributed by atoms with van der Waals surface area (Å²) in [6, 6.07) is 9.72. The fraction of sp³-hybridized carbons (Fsp3) is 0.500. The summed E-state index contributed by atoms with van der Waals surface area (Å²) in [5, 5.41) is 29.6. The van der Waals surface area contributed by atoms with Crippen molar-refractivity contribution in [1.82, 2.24) is 0 Å². The molecule has 1 fully saturated rings. The van der Waals surface area contributed by atoms with Crippen LogP contribution in [0.1, 0.15) is 44.1 Å². The lowest BCUT2D eigenvalue weighted by atomic mass is 9.96. The second-order valence-electron chi connectivity index (χ2n) is 7.32. The van der Waals surface area contributed by atoms with Gasteiger partial charge in [0, 0.05) is 6.42 Å². The maximum Gasteiger partial charge on any atom is 0.303 e. The van der Waals surface area contributed by atoms with E-state index in [1.165, 1.54) is 0 Å². The lowest BCUT2D eigenvalue weighted by Gasteiger charge is -2.27. The van der Waals surface area contributed by atoms with Crippen LogP contribution in [0.2, 0.25) is 0 Å². The van der Waals surface area contributed by atoms with Crippen LogP contribution in [0, 0.1) is 5.92 Å². The first kappa shape index (κ1) is 21.4. The number of aliphatic carboxylic acids is 1. The molecule has 0 bridgehead atoms. The van der Waals surface area contributed by atoms with E-state index in [-0.39, 0.29) is 12.3 Å². The minimum Gasteiger partial charge on any atom is -0.481 e. The summed E-state index contributed by atoms with van der Waals surface area (Å²) in [4.78, 5) is 11.1. The number of carboxylic acids is 1. The Balaban J connectivity index is 2.08. The first-order valence-corrected chi connectivity index (χ1v) is 9.50. The van der Waals surface area contributed by atoms with E-state index in [4.69, 9.17) is 9.84 Å². The number of allylic oxidation sites excluding steroid dienone is 1. The molecule has 0 saturated heterocycles. The van der Waals surface area contributed by atoms with E-state index in [2.05, 4.69) is 6.58 Å². The lowest BCUT2D eigenvalue weighted by Crippen LogP contribution is -2.28. The molecule has 5 nitrogen and oxygen atoms in total. The van der Waals surface area contributed by atoms with E-state index in [0.29, 0.717) is 25.9 Å². The Kier molecular flexibility index (Phi) is 8.23. The third-order valence-electron chi connectivity index (χ3n) is 5.04. The van der Waals surface area contributed by atoms with Crippen LogP contribution >= 0.6 is 0 Å². The average Bonchev–Trinajstić information content (AvgIpc) is 2.95. The maximum absolute atomic E-state index is 11.1. The van der Waals surface area contributed by atoms with Crippen molar-refractivity contribution in [2.45, 2.75) is 62.9 Å². The van der Waals surface area contributed by atoms with Crippen molar-refractivity contribution in [2.75, 3.05) is 0 Å². The molecule has 3 N–H and O–H groups in total. The summed E-state index contributed by atoms with van der Waals surface area (Å²) in [6.07, 6.45) is 6.99. The summed E-state index contributed by atoms with van der Waals surface area (Å²) < 4.78 is 6.17. The molecular weight excluding hydrogens is 344 g/mol. The molecule has 0 heterocycles. The molecule has 1 aromatic rings. The molecular formula is C22H30O5. The molecule has 0 aromatic heterocycles. The van der Waals surface area contributed by atoms with Crippen molar-refractivity contribution >= 4 is 5.97 Å². The number of aliphatic hydroxyl groups excluding tert-OH is 2. The molecule has 0 amide bonds. The second-order valence-corrected chi connectivity index (χ2v) is 7.32. The molecule has 1 aliphatic rings. The van der Waals surface area contributed by atoms with E-state index in [0.717, 1.165) is 18.4 Å². The van der Waals surface area contributed by atoms with Gasteiger partial charge in [-0.3, -0.25) is 4.79 Å². The van der Waals surface area contributed by atoms with E-state index in [1.54, 1.807) is 6.08 Å². The van der Waals surface area contributed by atoms with Crippen molar-refractivity contribution in [2.24, 2.45) is 5.92 Å². The van der Waals surface area contributed by atoms with Gasteiger partial charge in [0.2, 0.25) is 0 Å². The minimum absolute atomic E-state index is 0.0899. The largest absolute Gasteiger partial charge is 0.481 e. The highest BCUT2D eigenvalue weighted by atomic mass is 16.5. The fourth-order valence-corrected chi connectivity index (χ4v) is 3.57. The Morgan fingerprint density at radius 2 is 2.07 bits per heavy atom. The lowest BCUT2D eigenvalue weighted by molar-refractivity contribution is -0.138. The molecule has 2 rings (SSSR count). The number of hydrogen-bond acceptors (Lipinski definition) is 4. The Labute approximate surface area is 161 Å². The maximum atomic E-state index is 11.1.